The van der Waals surface area contributed by atoms with Gasteiger partial charge in [-0.1, -0.05) is 6.92 Å². The minimum absolute atomic E-state index is 0.891. The summed E-state index contributed by atoms with van der Waals surface area (Å²) in [6.45, 7) is 4.89. The quantitative estimate of drug-likeness (QED) is 0.505. The van der Waals surface area contributed by atoms with Crippen LogP contribution in [-0.2, 0) is 0 Å². The maximum Gasteiger partial charge on any atom is 0.00694 e. The first kappa shape index (κ1) is 7.42. The van der Waals surface area contributed by atoms with Gasteiger partial charge in [0.1, 0.15) is 0 Å². The summed E-state index contributed by atoms with van der Waals surface area (Å²) in [5.41, 5.74) is 0. The first-order valence-electron chi connectivity index (χ1n) is 3.55. The molecule has 9 heavy (non-hydrogen) atoms. The van der Waals surface area contributed by atoms with E-state index in [1.54, 1.807) is 0 Å². The Balaban J connectivity index is 2.29. The van der Waals surface area contributed by atoms with Gasteiger partial charge >= 0.3 is 0 Å². The SMILES string of the molecule is CC1CSCCN(C)C1. The topological polar surface area (TPSA) is 3.24 Å². The van der Waals surface area contributed by atoms with Crippen molar-refractivity contribution < 1.29 is 0 Å². The van der Waals surface area contributed by atoms with Crippen LogP contribution in [0.3, 0.4) is 0 Å². The second-order valence-corrected chi connectivity index (χ2v) is 4.09. The largest absolute Gasteiger partial charge is 0.305 e. The van der Waals surface area contributed by atoms with E-state index in [0.717, 1.165) is 5.92 Å². The molecule has 1 heterocycles. The van der Waals surface area contributed by atoms with Crippen LogP contribution >= 0.6 is 11.8 Å². The van der Waals surface area contributed by atoms with Crippen molar-refractivity contribution in [3.8, 4) is 0 Å². The van der Waals surface area contributed by atoms with Gasteiger partial charge in [-0.15, -0.1) is 0 Å². The molecule has 1 atom stereocenters. The van der Waals surface area contributed by atoms with E-state index in [0.29, 0.717) is 0 Å². The standard InChI is InChI=1S/C7H15NS/c1-7-5-8(2)3-4-9-6-7/h7H,3-6H2,1-2H3. The van der Waals surface area contributed by atoms with Crippen LogP contribution in [0.1, 0.15) is 6.92 Å². The van der Waals surface area contributed by atoms with E-state index in [1.807, 2.05) is 0 Å². The molecule has 0 radical (unpaired) electrons. The summed E-state index contributed by atoms with van der Waals surface area (Å²) in [4.78, 5) is 2.42. The highest BCUT2D eigenvalue weighted by Crippen LogP contribution is 2.13. The smallest absolute Gasteiger partial charge is 0.00694 e. The lowest BCUT2D eigenvalue weighted by atomic mass is 10.2. The van der Waals surface area contributed by atoms with Crippen LogP contribution in [0.15, 0.2) is 0 Å². The Morgan fingerprint density at radius 1 is 1.56 bits per heavy atom. The van der Waals surface area contributed by atoms with E-state index in [9.17, 15) is 0 Å². The van der Waals surface area contributed by atoms with Gasteiger partial charge in [-0.3, -0.25) is 0 Å². The fraction of sp³-hybridized carbons (Fsp3) is 1.00. The van der Waals surface area contributed by atoms with Crippen LogP contribution in [0.4, 0.5) is 0 Å². The van der Waals surface area contributed by atoms with Crippen molar-refractivity contribution in [2.75, 3.05) is 31.6 Å². The lowest BCUT2D eigenvalue weighted by Crippen LogP contribution is -2.24. The molecule has 1 nitrogen and oxygen atoms in total. The van der Waals surface area contributed by atoms with Crippen LogP contribution < -0.4 is 0 Å². The fourth-order valence-corrected chi connectivity index (χ4v) is 2.30. The fourth-order valence-electron chi connectivity index (χ4n) is 1.18. The Morgan fingerprint density at radius 2 is 2.33 bits per heavy atom. The van der Waals surface area contributed by atoms with Crippen LogP contribution in [0.2, 0.25) is 0 Å². The first-order chi connectivity index (χ1) is 4.29. The molecule has 1 aliphatic rings. The minimum atomic E-state index is 0.891. The second kappa shape index (κ2) is 3.47. The molecule has 1 saturated heterocycles. The summed E-state index contributed by atoms with van der Waals surface area (Å²) in [6.07, 6.45) is 0. The third-order valence-electron chi connectivity index (χ3n) is 1.64. The maximum atomic E-state index is 2.42. The minimum Gasteiger partial charge on any atom is -0.305 e. The van der Waals surface area contributed by atoms with Crippen LogP contribution in [0, 0.1) is 5.92 Å². The molecule has 0 aromatic rings. The average molecular weight is 145 g/mol. The van der Waals surface area contributed by atoms with Gasteiger partial charge < -0.3 is 4.90 Å². The summed E-state index contributed by atoms with van der Waals surface area (Å²) in [5, 5.41) is 0. The zero-order valence-corrected chi connectivity index (χ0v) is 7.08. The molecule has 0 N–H and O–H groups in total. The third-order valence-corrected chi connectivity index (χ3v) is 2.92. The zero-order chi connectivity index (χ0) is 6.69. The molecular weight excluding hydrogens is 130 g/mol. The monoisotopic (exact) mass is 145 g/mol. The number of hydrogen-bond donors (Lipinski definition) is 0. The molecule has 0 amide bonds. The molecule has 1 rings (SSSR count). The lowest BCUT2D eigenvalue weighted by molar-refractivity contribution is 0.321. The highest BCUT2D eigenvalue weighted by Gasteiger charge is 2.10. The number of thioether (sulfide) groups is 1. The third kappa shape index (κ3) is 2.59. The predicted octanol–water partition coefficient (Wildman–Crippen LogP) is 1.30. The van der Waals surface area contributed by atoms with Gasteiger partial charge in [0, 0.05) is 18.8 Å². The Labute approximate surface area is 61.8 Å². The molecule has 0 aliphatic carbocycles. The van der Waals surface area contributed by atoms with Gasteiger partial charge in [0.25, 0.3) is 0 Å². The zero-order valence-electron chi connectivity index (χ0n) is 6.26. The van der Waals surface area contributed by atoms with Crippen molar-refractivity contribution >= 4 is 11.8 Å². The van der Waals surface area contributed by atoms with Crippen molar-refractivity contribution in [2.24, 2.45) is 5.92 Å². The van der Waals surface area contributed by atoms with E-state index in [2.05, 4.69) is 30.6 Å². The highest BCUT2D eigenvalue weighted by atomic mass is 32.2. The van der Waals surface area contributed by atoms with Crippen LogP contribution in [0.25, 0.3) is 0 Å². The van der Waals surface area contributed by atoms with Crippen molar-refractivity contribution in [2.45, 2.75) is 6.92 Å². The average Bonchev–Trinajstić information content (AvgIpc) is 1.93. The summed E-state index contributed by atoms with van der Waals surface area (Å²) in [6, 6.07) is 0. The van der Waals surface area contributed by atoms with Crippen LogP contribution in [0.5, 0.6) is 0 Å². The Kier molecular flexibility index (Phi) is 2.86. The molecule has 0 aromatic heterocycles. The molecular formula is C7H15NS. The van der Waals surface area contributed by atoms with Gasteiger partial charge in [0.15, 0.2) is 0 Å². The van der Waals surface area contributed by atoms with Crippen molar-refractivity contribution in [1.82, 2.24) is 4.90 Å². The van der Waals surface area contributed by atoms with E-state index < -0.39 is 0 Å². The molecule has 1 aliphatic heterocycles. The van der Waals surface area contributed by atoms with Gasteiger partial charge in [0.05, 0.1) is 0 Å². The molecule has 0 saturated carbocycles. The van der Waals surface area contributed by atoms with Crippen molar-refractivity contribution in [3.63, 3.8) is 0 Å². The number of hydrogen-bond acceptors (Lipinski definition) is 2. The second-order valence-electron chi connectivity index (χ2n) is 2.94. The highest BCUT2D eigenvalue weighted by molar-refractivity contribution is 7.99. The summed E-state index contributed by atoms with van der Waals surface area (Å²) in [5.74, 6) is 3.56. The Bertz CT molecular complexity index is 75.0. The summed E-state index contributed by atoms with van der Waals surface area (Å²) < 4.78 is 0. The predicted molar refractivity (Wildman–Crippen MR) is 44.0 cm³/mol. The van der Waals surface area contributed by atoms with E-state index in [4.69, 9.17) is 0 Å². The molecule has 1 fully saturated rings. The molecule has 0 spiro atoms. The van der Waals surface area contributed by atoms with E-state index in [1.165, 1.54) is 24.6 Å². The van der Waals surface area contributed by atoms with Gasteiger partial charge in [0.2, 0.25) is 0 Å². The lowest BCUT2D eigenvalue weighted by Gasteiger charge is -2.14. The van der Waals surface area contributed by atoms with E-state index in [-0.39, 0.29) is 0 Å². The first-order valence-corrected chi connectivity index (χ1v) is 4.71. The maximum absolute atomic E-state index is 2.42. The normalized spacial score (nSPS) is 32.0. The number of rotatable bonds is 0. The summed E-state index contributed by atoms with van der Waals surface area (Å²) >= 11 is 2.09. The molecule has 1 unspecified atom stereocenters. The van der Waals surface area contributed by atoms with Crippen LogP contribution in [-0.4, -0.2) is 36.5 Å². The van der Waals surface area contributed by atoms with E-state index >= 15 is 0 Å². The van der Waals surface area contributed by atoms with Gasteiger partial charge in [-0.2, -0.15) is 11.8 Å². The Morgan fingerprint density at radius 3 is 3.11 bits per heavy atom. The van der Waals surface area contributed by atoms with Gasteiger partial charge in [-0.05, 0) is 18.7 Å². The molecule has 54 valence electrons. The summed E-state index contributed by atoms with van der Waals surface area (Å²) in [7, 11) is 2.21. The Hall–Kier alpha value is 0.310. The van der Waals surface area contributed by atoms with Crippen molar-refractivity contribution in [3.05, 3.63) is 0 Å². The van der Waals surface area contributed by atoms with Crippen molar-refractivity contribution in [1.29, 1.82) is 0 Å². The number of nitrogens with zero attached hydrogens (tertiary/aromatic N) is 1. The van der Waals surface area contributed by atoms with Gasteiger partial charge in [-0.25, -0.2) is 0 Å². The molecule has 0 aromatic carbocycles. The molecule has 0 bridgehead atoms. The molecule has 2 heteroatoms.